The SMILES string of the molecule is Cc1c(S(=O)(=O)N2CCCC2c2ccc(F)cc2)cnn1C(F)F. The molecule has 2 aromatic rings. The van der Waals surface area contributed by atoms with E-state index in [1.54, 1.807) is 12.1 Å². The summed E-state index contributed by atoms with van der Waals surface area (Å²) in [6.07, 6.45) is 2.19. The van der Waals surface area contributed by atoms with Gasteiger partial charge >= 0.3 is 6.55 Å². The molecule has 0 spiro atoms. The number of halogens is 3. The van der Waals surface area contributed by atoms with E-state index < -0.39 is 28.4 Å². The van der Waals surface area contributed by atoms with Gasteiger partial charge in [0.1, 0.15) is 10.7 Å². The number of rotatable bonds is 4. The highest BCUT2D eigenvalue weighted by Crippen LogP contribution is 2.37. The van der Waals surface area contributed by atoms with E-state index in [2.05, 4.69) is 5.10 Å². The minimum absolute atomic E-state index is 0.102. The van der Waals surface area contributed by atoms with Gasteiger partial charge in [0.15, 0.2) is 0 Å². The van der Waals surface area contributed by atoms with Crippen LogP contribution < -0.4 is 0 Å². The van der Waals surface area contributed by atoms with Crippen LogP contribution in [0.2, 0.25) is 0 Å². The third kappa shape index (κ3) is 2.82. The molecule has 0 amide bonds. The van der Waals surface area contributed by atoms with Crippen molar-refractivity contribution in [1.29, 1.82) is 0 Å². The molecule has 1 aromatic heterocycles. The first-order valence-corrected chi connectivity index (χ1v) is 8.86. The second kappa shape index (κ2) is 6.21. The number of hydrogen-bond acceptors (Lipinski definition) is 3. The minimum Gasteiger partial charge on any atom is -0.207 e. The monoisotopic (exact) mass is 359 g/mol. The number of alkyl halides is 2. The number of hydrogen-bond donors (Lipinski definition) is 0. The quantitative estimate of drug-likeness (QED) is 0.842. The molecule has 1 unspecified atom stereocenters. The highest BCUT2D eigenvalue weighted by atomic mass is 32.2. The van der Waals surface area contributed by atoms with Crippen molar-refractivity contribution in [2.75, 3.05) is 6.54 Å². The lowest BCUT2D eigenvalue weighted by Gasteiger charge is -2.24. The van der Waals surface area contributed by atoms with Crippen LogP contribution in [0.3, 0.4) is 0 Å². The first kappa shape index (κ1) is 17.0. The predicted molar refractivity (Wildman–Crippen MR) is 80.5 cm³/mol. The van der Waals surface area contributed by atoms with Crippen LogP contribution in [0.5, 0.6) is 0 Å². The number of sulfonamides is 1. The van der Waals surface area contributed by atoms with Gasteiger partial charge in [-0.25, -0.2) is 17.5 Å². The largest absolute Gasteiger partial charge is 0.333 e. The molecule has 2 heterocycles. The van der Waals surface area contributed by atoms with Crippen LogP contribution in [0.1, 0.15) is 36.7 Å². The Kier molecular flexibility index (Phi) is 4.39. The van der Waals surface area contributed by atoms with E-state index in [1.807, 2.05) is 0 Å². The van der Waals surface area contributed by atoms with Gasteiger partial charge in [0.25, 0.3) is 0 Å². The van der Waals surface area contributed by atoms with Crippen molar-refractivity contribution in [2.24, 2.45) is 0 Å². The Morgan fingerprint density at radius 3 is 2.50 bits per heavy atom. The topological polar surface area (TPSA) is 55.2 Å². The van der Waals surface area contributed by atoms with Gasteiger partial charge in [0.05, 0.1) is 17.9 Å². The van der Waals surface area contributed by atoms with Gasteiger partial charge < -0.3 is 0 Å². The lowest BCUT2D eigenvalue weighted by Crippen LogP contribution is -2.31. The zero-order valence-electron chi connectivity index (χ0n) is 12.9. The molecule has 1 aromatic carbocycles. The van der Waals surface area contributed by atoms with E-state index >= 15 is 0 Å². The average Bonchev–Trinajstić information content (AvgIpc) is 3.15. The second-order valence-electron chi connectivity index (χ2n) is 5.64. The molecule has 1 atom stereocenters. The summed E-state index contributed by atoms with van der Waals surface area (Å²) in [6, 6.07) is 5.20. The van der Waals surface area contributed by atoms with Gasteiger partial charge in [-0.05, 0) is 37.5 Å². The van der Waals surface area contributed by atoms with Crippen molar-refractivity contribution in [3.05, 3.63) is 47.5 Å². The van der Waals surface area contributed by atoms with Gasteiger partial charge in [-0.2, -0.15) is 18.2 Å². The Morgan fingerprint density at radius 1 is 1.25 bits per heavy atom. The summed E-state index contributed by atoms with van der Waals surface area (Å²) in [4.78, 5) is -0.225. The molecule has 1 aliphatic heterocycles. The summed E-state index contributed by atoms with van der Waals surface area (Å²) in [5.74, 6) is -0.403. The average molecular weight is 359 g/mol. The zero-order chi connectivity index (χ0) is 17.5. The Morgan fingerprint density at radius 2 is 1.92 bits per heavy atom. The second-order valence-corrected chi connectivity index (χ2v) is 7.50. The lowest BCUT2D eigenvalue weighted by atomic mass is 10.1. The van der Waals surface area contributed by atoms with Gasteiger partial charge in [-0.15, -0.1) is 0 Å². The van der Waals surface area contributed by atoms with Crippen LogP contribution >= 0.6 is 0 Å². The molecule has 130 valence electrons. The summed E-state index contributed by atoms with van der Waals surface area (Å²) in [5.41, 5.74) is 0.575. The Hall–Kier alpha value is -1.87. The number of benzene rings is 1. The fourth-order valence-corrected chi connectivity index (χ4v) is 4.86. The number of nitrogens with zero attached hydrogens (tertiary/aromatic N) is 3. The summed E-state index contributed by atoms with van der Waals surface area (Å²) in [7, 11) is -3.97. The molecular weight excluding hydrogens is 343 g/mol. The third-order valence-corrected chi connectivity index (χ3v) is 6.24. The third-order valence-electron chi connectivity index (χ3n) is 4.23. The van der Waals surface area contributed by atoms with Crippen molar-refractivity contribution in [3.8, 4) is 0 Å². The molecule has 0 radical (unpaired) electrons. The van der Waals surface area contributed by atoms with Gasteiger partial charge in [0, 0.05) is 6.54 Å². The zero-order valence-corrected chi connectivity index (χ0v) is 13.7. The van der Waals surface area contributed by atoms with Crippen molar-refractivity contribution in [2.45, 2.75) is 37.3 Å². The van der Waals surface area contributed by atoms with Crippen molar-refractivity contribution in [3.63, 3.8) is 0 Å². The maximum atomic E-state index is 13.1. The fourth-order valence-electron chi connectivity index (χ4n) is 3.03. The Balaban J connectivity index is 1.98. The maximum Gasteiger partial charge on any atom is 0.333 e. The Labute approximate surface area is 137 Å². The minimum atomic E-state index is -3.97. The molecule has 5 nitrogen and oxygen atoms in total. The predicted octanol–water partition coefficient (Wildman–Crippen LogP) is 3.25. The fraction of sp³-hybridized carbons (Fsp3) is 0.400. The van der Waals surface area contributed by atoms with Crippen molar-refractivity contribution < 1.29 is 21.6 Å². The van der Waals surface area contributed by atoms with Crippen LogP contribution in [-0.4, -0.2) is 29.0 Å². The lowest BCUT2D eigenvalue weighted by molar-refractivity contribution is 0.0541. The van der Waals surface area contributed by atoms with Gasteiger partial charge in [-0.1, -0.05) is 12.1 Å². The van der Waals surface area contributed by atoms with Crippen LogP contribution in [0.25, 0.3) is 0 Å². The van der Waals surface area contributed by atoms with Crippen molar-refractivity contribution in [1.82, 2.24) is 14.1 Å². The highest BCUT2D eigenvalue weighted by molar-refractivity contribution is 7.89. The van der Waals surface area contributed by atoms with Crippen LogP contribution in [0.4, 0.5) is 13.2 Å². The van der Waals surface area contributed by atoms with E-state index in [9.17, 15) is 21.6 Å². The molecule has 3 rings (SSSR count). The molecule has 24 heavy (non-hydrogen) atoms. The summed E-state index contributed by atoms with van der Waals surface area (Å²) >= 11 is 0. The molecule has 0 N–H and O–H groups in total. The summed E-state index contributed by atoms with van der Waals surface area (Å²) < 4.78 is 66.2. The smallest absolute Gasteiger partial charge is 0.207 e. The molecule has 0 saturated carbocycles. The molecule has 1 fully saturated rings. The van der Waals surface area contributed by atoms with E-state index in [1.165, 1.54) is 23.4 Å². The summed E-state index contributed by atoms with van der Waals surface area (Å²) in [5, 5.41) is 3.47. The molecular formula is C15H16F3N3O2S. The molecule has 1 aliphatic rings. The number of aromatic nitrogens is 2. The standard InChI is InChI=1S/C15H16F3N3O2S/c1-10-14(9-19-21(10)15(17)18)24(22,23)20-8-2-3-13(20)11-4-6-12(16)7-5-11/h4-7,9,13,15H,2-3,8H2,1H3. The van der Waals surface area contributed by atoms with Crippen molar-refractivity contribution >= 4 is 10.0 Å². The maximum absolute atomic E-state index is 13.1. The molecule has 0 aliphatic carbocycles. The van der Waals surface area contributed by atoms with Gasteiger partial charge in [0.2, 0.25) is 10.0 Å². The van der Waals surface area contributed by atoms with Gasteiger partial charge in [-0.3, -0.25) is 0 Å². The summed E-state index contributed by atoms with van der Waals surface area (Å²) in [6.45, 7) is -1.32. The van der Waals surface area contributed by atoms with E-state index in [0.29, 0.717) is 23.1 Å². The van der Waals surface area contributed by atoms with Crippen LogP contribution in [0.15, 0.2) is 35.4 Å². The van der Waals surface area contributed by atoms with Crippen LogP contribution in [0, 0.1) is 12.7 Å². The van der Waals surface area contributed by atoms with E-state index in [4.69, 9.17) is 0 Å². The van der Waals surface area contributed by atoms with E-state index in [0.717, 1.165) is 6.20 Å². The first-order valence-electron chi connectivity index (χ1n) is 7.42. The highest BCUT2D eigenvalue weighted by Gasteiger charge is 2.38. The van der Waals surface area contributed by atoms with E-state index in [-0.39, 0.29) is 17.1 Å². The Bertz CT molecular complexity index is 834. The molecule has 1 saturated heterocycles. The molecule has 0 bridgehead atoms. The first-order chi connectivity index (χ1) is 11.3. The van der Waals surface area contributed by atoms with Crippen LogP contribution in [-0.2, 0) is 10.0 Å². The molecule has 9 heteroatoms. The normalized spacial score (nSPS) is 19.3.